The molecule has 3 rings (SSSR count). The van der Waals surface area contributed by atoms with E-state index in [1.807, 2.05) is 4.90 Å². The minimum atomic E-state index is -0.822. The maximum atomic E-state index is 13.0. The van der Waals surface area contributed by atoms with Crippen molar-refractivity contribution in [2.45, 2.75) is 37.7 Å². The quantitative estimate of drug-likeness (QED) is 0.332. The predicted molar refractivity (Wildman–Crippen MR) is 122 cm³/mol. The normalized spacial score (nSPS) is 16.7. The molecule has 33 heavy (non-hydrogen) atoms. The number of esters is 1. The number of amides is 1. The summed E-state index contributed by atoms with van der Waals surface area (Å²) in [7, 11) is 0. The average molecular weight is 473 g/mol. The van der Waals surface area contributed by atoms with Gasteiger partial charge in [0.15, 0.2) is 5.12 Å². The lowest BCUT2D eigenvalue weighted by Gasteiger charge is -2.25. The van der Waals surface area contributed by atoms with Crippen molar-refractivity contribution >= 4 is 40.1 Å². The zero-order valence-electron chi connectivity index (χ0n) is 18.0. The fourth-order valence-corrected chi connectivity index (χ4v) is 4.48. The summed E-state index contributed by atoms with van der Waals surface area (Å²) in [6, 6.07) is 8.28. The van der Waals surface area contributed by atoms with E-state index < -0.39 is 16.9 Å². The number of hydrogen-bond donors (Lipinski definition) is 1. The smallest absolute Gasteiger partial charge is 0.324 e. The van der Waals surface area contributed by atoms with Crippen LogP contribution < -0.4 is 5.32 Å². The van der Waals surface area contributed by atoms with Crippen LogP contribution in [0.25, 0.3) is 0 Å². The number of non-ortho nitro benzene ring substituents is 1. The molecule has 0 spiro atoms. The van der Waals surface area contributed by atoms with Gasteiger partial charge in [0.1, 0.15) is 12.6 Å². The Morgan fingerprint density at radius 1 is 1.30 bits per heavy atom. The summed E-state index contributed by atoms with van der Waals surface area (Å²) in [4.78, 5) is 53.1. The van der Waals surface area contributed by atoms with Crippen molar-refractivity contribution < 1.29 is 24.0 Å². The zero-order valence-corrected chi connectivity index (χ0v) is 18.8. The van der Waals surface area contributed by atoms with Crippen LogP contribution >= 0.6 is 11.8 Å². The number of rotatable bonds is 9. The first-order valence-electron chi connectivity index (χ1n) is 10.3. The van der Waals surface area contributed by atoms with Gasteiger partial charge in [0.2, 0.25) is 5.91 Å². The number of nitro benzene ring substituents is 1. The molecule has 1 aromatic carbocycles. The van der Waals surface area contributed by atoms with Gasteiger partial charge in [-0.3, -0.25) is 34.4 Å². The minimum absolute atomic E-state index is 0.00784. The molecule has 0 saturated carbocycles. The molecule has 1 aliphatic rings. The molecular formula is C22H24N4O6S. The molecule has 1 fully saturated rings. The van der Waals surface area contributed by atoms with E-state index in [2.05, 4.69) is 10.3 Å². The van der Waals surface area contributed by atoms with Gasteiger partial charge in [-0.25, -0.2) is 0 Å². The number of nitrogens with one attached hydrogen (secondary N) is 1. The SMILES string of the molecule is CC(=O)SC1CCN([C@@H](CC(=O)Nc2cccnc2)C(=O)OCc2ccc([N+](=O)[O-])cc2)C1. The number of hydrogen-bond acceptors (Lipinski definition) is 9. The summed E-state index contributed by atoms with van der Waals surface area (Å²) in [5.74, 6) is -0.925. The molecule has 2 heterocycles. The second-order valence-electron chi connectivity index (χ2n) is 7.56. The predicted octanol–water partition coefficient (Wildman–Crippen LogP) is 2.78. The maximum absolute atomic E-state index is 13.0. The van der Waals surface area contributed by atoms with Crippen LogP contribution in [-0.4, -0.2) is 56.2 Å². The summed E-state index contributed by atoms with van der Waals surface area (Å²) in [6.07, 6.45) is 3.70. The van der Waals surface area contributed by atoms with Crippen molar-refractivity contribution in [3.05, 3.63) is 64.5 Å². The fourth-order valence-electron chi connectivity index (χ4n) is 3.52. The third-order valence-corrected chi connectivity index (χ3v) is 6.12. The van der Waals surface area contributed by atoms with Crippen LogP contribution in [0.15, 0.2) is 48.8 Å². The van der Waals surface area contributed by atoms with Crippen LogP contribution in [0.4, 0.5) is 11.4 Å². The van der Waals surface area contributed by atoms with Crippen molar-refractivity contribution in [1.82, 2.24) is 9.88 Å². The molecule has 1 amide bonds. The third-order valence-electron chi connectivity index (χ3n) is 5.07. The first kappa shape index (κ1) is 24.3. The highest BCUT2D eigenvalue weighted by Gasteiger charge is 2.35. The van der Waals surface area contributed by atoms with Gasteiger partial charge in [0.05, 0.1) is 23.2 Å². The lowest BCUT2D eigenvalue weighted by Crippen LogP contribution is -2.43. The fraction of sp³-hybridized carbons (Fsp3) is 0.364. The number of aromatic nitrogens is 1. The number of carbonyl (C=O) groups excluding carboxylic acids is 3. The molecule has 1 saturated heterocycles. The first-order chi connectivity index (χ1) is 15.8. The van der Waals surface area contributed by atoms with Gasteiger partial charge in [-0.15, -0.1) is 0 Å². The maximum Gasteiger partial charge on any atom is 0.324 e. The Bertz CT molecular complexity index is 1000. The summed E-state index contributed by atoms with van der Waals surface area (Å²) in [5.41, 5.74) is 1.06. The summed E-state index contributed by atoms with van der Waals surface area (Å²) < 4.78 is 5.45. The topological polar surface area (TPSA) is 132 Å². The molecule has 10 nitrogen and oxygen atoms in total. The Balaban J connectivity index is 1.65. The van der Waals surface area contributed by atoms with Gasteiger partial charge in [0.25, 0.3) is 5.69 Å². The Morgan fingerprint density at radius 3 is 2.70 bits per heavy atom. The average Bonchev–Trinajstić information content (AvgIpc) is 3.24. The zero-order chi connectivity index (χ0) is 23.8. The van der Waals surface area contributed by atoms with E-state index in [1.54, 1.807) is 18.3 Å². The number of nitrogens with zero attached hydrogens (tertiary/aromatic N) is 3. The van der Waals surface area contributed by atoms with E-state index in [0.717, 1.165) is 6.42 Å². The first-order valence-corrected chi connectivity index (χ1v) is 11.2. The Labute approximate surface area is 194 Å². The van der Waals surface area contributed by atoms with Gasteiger partial charge >= 0.3 is 5.97 Å². The number of benzene rings is 1. The number of likely N-dealkylation sites (tertiary alicyclic amines) is 1. The van der Waals surface area contributed by atoms with Gasteiger partial charge < -0.3 is 10.1 Å². The van der Waals surface area contributed by atoms with Crippen molar-refractivity contribution in [3.63, 3.8) is 0 Å². The Hall–Kier alpha value is -3.31. The van der Waals surface area contributed by atoms with Crippen LogP contribution in [0.3, 0.4) is 0 Å². The van der Waals surface area contributed by atoms with Gasteiger partial charge in [-0.1, -0.05) is 11.8 Å². The van der Waals surface area contributed by atoms with E-state index in [-0.39, 0.29) is 35.0 Å². The van der Waals surface area contributed by atoms with E-state index in [4.69, 9.17) is 4.74 Å². The van der Waals surface area contributed by atoms with Crippen LogP contribution in [0.5, 0.6) is 0 Å². The molecule has 1 unspecified atom stereocenters. The molecule has 1 aromatic heterocycles. The standard InChI is InChI=1S/C22H24N4O6S/c1-15(27)33-19-8-10-25(13-19)20(11-21(28)24-17-3-2-9-23-12-17)22(29)32-14-16-4-6-18(7-5-16)26(30)31/h2-7,9,12,19-20H,8,10-11,13-14H2,1H3,(H,24,28)/t19?,20-/m0/s1. The van der Waals surface area contributed by atoms with Gasteiger partial charge in [-0.05, 0) is 36.2 Å². The van der Waals surface area contributed by atoms with E-state index in [1.165, 1.54) is 49.1 Å². The van der Waals surface area contributed by atoms with Gasteiger partial charge in [0, 0.05) is 43.6 Å². The molecule has 174 valence electrons. The third kappa shape index (κ3) is 7.36. The number of thioether (sulfide) groups is 1. The highest BCUT2D eigenvalue weighted by atomic mass is 32.2. The highest BCUT2D eigenvalue weighted by molar-refractivity contribution is 8.14. The summed E-state index contributed by atoms with van der Waals surface area (Å²) in [6.45, 7) is 2.48. The molecule has 1 N–H and O–H groups in total. The van der Waals surface area contributed by atoms with Crippen molar-refractivity contribution in [2.75, 3.05) is 18.4 Å². The number of nitro groups is 1. The molecule has 2 aromatic rings. The largest absolute Gasteiger partial charge is 0.460 e. The molecule has 0 aliphatic carbocycles. The molecule has 11 heteroatoms. The molecule has 0 radical (unpaired) electrons. The lowest BCUT2D eigenvalue weighted by molar-refractivity contribution is -0.384. The molecular weight excluding hydrogens is 448 g/mol. The van der Waals surface area contributed by atoms with E-state index in [0.29, 0.717) is 24.3 Å². The minimum Gasteiger partial charge on any atom is -0.460 e. The number of anilines is 1. The van der Waals surface area contributed by atoms with Crippen molar-refractivity contribution in [3.8, 4) is 0 Å². The summed E-state index contributed by atoms with van der Waals surface area (Å²) >= 11 is 1.23. The number of pyridine rings is 1. The van der Waals surface area contributed by atoms with Crippen LogP contribution in [0.1, 0.15) is 25.3 Å². The molecule has 0 bridgehead atoms. The lowest BCUT2D eigenvalue weighted by atomic mass is 10.1. The number of carbonyl (C=O) groups is 3. The number of ether oxygens (including phenoxy) is 1. The van der Waals surface area contributed by atoms with Crippen molar-refractivity contribution in [1.29, 1.82) is 0 Å². The second kappa shape index (κ2) is 11.5. The monoisotopic (exact) mass is 472 g/mol. The summed E-state index contributed by atoms with van der Waals surface area (Å²) in [5, 5.41) is 13.6. The van der Waals surface area contributed by atoms with E-state index >= 15 is 0 Å². The van der Waals surface area contributed by atoms with E-state index in [9.17, 15) is 24.5 Å². The molecule has 2 atom stereocenters. The molecule has 1 aliphatic heterocycles. The van der Waals surface area contributed by atoms with Crippen LogP contribution in [-0.2, 0) is 25.7 Å². The van der Waals surface area contributed by atoms with Crippen LogP contribution in [0, 0.1) is 10.1 Å². The highest BCUT2D eigenvalue weighted by Crippen LogP contribution is 2.26. The van der Waals surface area contributed by atoms with Crippen molar-refractivity contribution in [2.24, 2.45) is 0 Å². The van der Waals surface area contributed by atoms with Crippen LogP contribution in [0.2, 0.25) is 0 Å². The Morgan fingerprint density at radius 2 is 2.06 bits per heavy atom. The second-order valence-corrected chi connectivity index (χ2v) is 9.03. The van der Waals surface area contributed by atoms with Gasteiger partial charge in [-0.2, -0.15) is 0 Å². The Kier molecular flexibility index (Phi) is 8.50.